The van der Waals surface area contributed by atoms with Crippen LogP contribution >= 0.6 is 11.8 Å². The molecule has 7 heteroatoms. The lowest BCUT2D eigenvalue weighted by molar-refractivity contribution is -0.131. The Bertz CT molecular complexity index is 800. The predicted octanol–water partition coefficient (Wildman–Crippen LogP) is 4.30. The molecule has 0 bridgehead atoms. The lowest BCUT2D eigenvalue weighted by Crippen LogP contribution is -2.43. The fraction of sp³-hybridized carbons (Fsp3) is 0.591. The van der Waals surface area contributed by atoms with E-state index in [0.717, 1.165) is 55.6 Å². The van der Waals surface area contributed by atoms with Crippen molar-refractivity contribution in [3.8, 4) is 11.4 Å². The highest BCUT2D eigenvalue weighted by atomic mass is 32.2. The minimum Gasteiger partial charge on any atom is -0.372 e. The average Bonchev–Trinajstić information content (AvgIpc) is 3.16. The Morgan fingerprint density at radius 2 is 1.86 bits per heavy atom. The summed E-state index contributed by atoms with van der Waals surface area (Å²) in [5.41, 5.74) is 2.27. The summed E-state index contributed by atoms with van der Waals surface area (Å²) in [7, 11) is 0. The highest BCUT2D eigenvalue weighted by molar-refractivity contribution is 7.99. The Hall–Kier alpha value is -2.02. The molecule has 0 aliphatic carbocycles. The van der Waals surface area contributed by atoms with Gasteiger partial charge < -0.3 is 14.4 Å². The number of hydrogen-bond donors (Lipinski definition) is 0. The summed E-state index contributed by atoms with van der Waals surface area (Å²) in [6.07, 6.45) is 3.44. The number of piperidine rings is 1. The van der Waals surface area contributed by atoms with E-state index in [0.29, 0.717) is 11.8 Å². The molecule has 158 valence electrons. The zero-order valence-corrected chi connectivity index (χ0v) is 18.9. The molecular weight excluding hydrogens is 382 g/mol. The number of aromatic nitrogens is 3. The van der Waals surface area contributed by atoms with Gasteiger partial charge in [-0.15, -0.1) is 10.2 Å². The maximum Gasteiger partial charge on any atom is 0.233 e. The van der Waals surface area contributed by atoms with Crippen LogP contribution in [-0.2, 0) is 11.3 Å². The first-order chi connectivity index (χ1) is 14.1. The van der Waals surface area contributed by atoms with Gasteiger partial charge in [0, 0.05) is 43.5 Å². The number of carbonyl (C=O) groups excluding carboxylic acids is 1. The number of hydrogen-bond acceptors (Lipinski definition) is 5. The first kappa shape index (κ1) is 21.7. The van der Waals surface area contributed by atoms with Crippen LogP contribution in [0.1, 0.15) is 47.0 Å². The van der Waals surface area contributed by atoms with E-state index >= 15 is 0 Å². The fourth-order valence-corrected chi connectivity index (χ4v) is 4.87. The van der Waals surface area contributed by atoms with E-state index in [4.69, 9.17) is 0 Å². The minimum atomic E-state index is 0.206. The van der Waals surface area contributed by atoms with Crippen molar-refractivity contribution in [2.45, 2.75) is 64.7 Å². The summed E-state index contributed by atoms with van der Waals surface area (Å²) < 4.78 is 2.10. The molecule has 0 spiro atoms. The van der Waals surface area contributed by atoms with Crippen molar-refractivity contribution < 1.29 is 4.79 Å². The van der Waals surface area contributed by atoms with Crippen LogP contribution in [0.3, 0.4) is 0 Å². The molecule has 1 aliphatic heterocycles. The second-order valence-corrected chi connectivity index (χ2v) is 8.43. The topological polar surface area (TPSA) is 54.3 Å². The van der Waals surface area contributed by atoms with Crippen LogP contribution in [0.25, 0.3) is 11.4 Å². The molecule has 2 heterocycles. The predicted molar refractivity (Wildman–Crippen MR) is 120 cm³/mol. The van der Waals surface area contributed by atoms with Crippen LogP contribution < -0.4 is 4.90 Å². The molecule has 1 atom stereocenters. The third-order valence-electron chi connectivity index (χ3n) is 5.74. The molecule has 2 aromatic rings. The molecule has 1 saturated heterocycles. The summed E-state index contributed by atoms with van der Waals surface area (Å²) in [6, 6.07) is 8.86. The van der Waals surface area contributed by atoms with Gasteiger partial charge >= 0.3 is 0 Å². The summed E-state index contributed by atoms with van der Waals surface area (Å²) in [6.45, 7) is 12.2. The van der Waals surface area contributed by atoms with E-state index in [1.165, 1.54) is 23.9 Å². The molecule has 0 saturated carbocycles. The number of amides is 1. The molecule has 1 fully saturated rings. The quantitative estimate of drug-likeness (QED) is 0.602. The standard InChI is InChI=1S/C22H33N5OS/c1-5-25(6-2)19-13-11-18(12-14-19)21-23-24-22(26(21)7-3)29-16-20(28)27-15-9-8-10-17(27)4/h11-14,17H,5-10,15-16H2,1-4H3. The van der Waals surface area contributed by atoms with Crippen LogP contribution in [0.5, 0.6) is 0 Å². The van der Waals surface area contributed by atoms with Crippen molar-refractivity contribution in [3.63, 3.8) is 0 Å². The van der Waals surface area contributed by atoms with Gasteiger partial charge in [-0.1, -0.05) is 11.8 Å². The van der Waals surface area contributed by atoms with Gasteiger partial charge in [-0.05, 0) is 71.2 Å². The molecule has 0 radical (unpaired) electrons. The Balaban J connectivity index is 1.71. The van der Waals surface area contributed by atoms with Gasteiger partial charge in [-0.2, -0.15) is 0 Å². The molecule has 1 aromatic carbocycles. The monoisotopic (exact) mass is 415 g/mol. The largest absolute Gasteiger partial charge is 0.372 e. The van der Waals surface area contributed by atoms with Gasteiger partial charge in [-0.25, -0.2) is 0 Å². The molecule has 1 unspecified atom stereocenters. The first-order valence-electron chi connectivity index (χ1n) is 10.8. The second kappa shape index (κ2) is 10.1. The number of carbonyl (C=O) groups is 1. The van der Waals surface area contributed by atoms with Crippen molar-refractivity contribution in [1.82, 2.24) is 19.7 Å². The zero-order chi connectivity index (χ0) is 20.8. The van der Waals surface area contributed by atoms with Crippen LogP contribution in [0.15, 0.2) is 29.4 Å². The SMILES string of the molecule is CCN(CC)c1ccc(-c2nnc(SCC(=O)N3CCCCC3C)n2CC)cc1. The first-order valence-corrected chi connectivity index (χ1v) is 11.8. The number of rotatable bonds is 8. The maximum atomic E-state index is 12.7. The summed E-state index contributed by atoms with van der Waals surface area (Å²) in [4.78, 5) is 17.0. The highest BCUT2D eigenvalue weighted by Crippen LogP contribution is 2.27. The van der Waals surface area contributed by atoms with E-state index in [1.54, 1.807) is 0 Å². The van der Waals surface area contributed by atoms with E-state index < -0.39 is 0 Å². The van der Waals surface area contributed by atoms with Crippen molar-refractivity contribution in [3.05, 3.63) is 24.3 Å². The number of nitrogens with zero attached hydrogens (tertiary/aromatic N) is 5. The molecule has 1 aliphatic rings. The average molecular weight is 416 g/mol. The number of thioether (sulfide) groups is 1. The Morgan fingerprint density at radius 3 is 2.48 bits per heavy atom. The number of likely N-dealkylation sites (tertiary alicyclic amines) is 1. The van der Waals surface area contributed by atoms with Crippen molar-refractivity contribution in [2.24, 2.45) is 0 Å². The lowest BCUT2D eigenvalue weighted by Gasteiger charge is -2.33. The third-order valence-corrected chi connectivity index (χ3v) is 6.69. The van der Waals surface area contributed by atoms with Crippen LogP contribution in [0.2, 0.25) is 0 Å². The molecular formula is C22H33N5OS. The van der Waals surface area contributed by atoms with E-state index in [-0.39, 0.29) is 5.91 Å². The van der Waals surface area contributed by atoms with Gasteiger partial charge in [0.25, 0.3) is 0 Å². The Morgan fingerprint density at radius 1 is 1.14 bits per heavy atom. The van der Waals surface area contributed by atoms with E-state index in [1.807, 2.05) is 4.90 Å². The van der Waals surface area contributed by atoms with Gasteiger partial charge in [0.2, 0.25) is 5.91 Å². The normalized spacial score (nSPS) is 16.8. The minimum absolute atomic E-state index is 0.206. The van der Waals surface area contributed by atoms with Crippen LogP contribution in [0, 0.1) is 0 Å². The smallest absolute Gasteiger partial charge is 0.233 e. The van der Waals surface area contributed by atoms with Gasteiger partial charge in [0.1, 0.15) is 0 Å². The molecule has 1 amide bonds. The van der Waals surface area contributed by atoms with Gasteiger partial charge in [0.15, 0.2) is 11.0 Å². The fourth-order valence-electron chi connectivity index (χ4n) is 3.98. The Labute approximate surface area is 178 Å². The molecule has 0 N–H and O–H groups in total. The van der Waals surface area contributed by atoms with E-state index in [2.05, 4.69) is 71.6 Å². The molecule has 6 nitrogen and oxygen atoms in total. The molecule has 29 heavy (non-hydrogen) atoms. The van der Waals surface area contributed by atoms with Crippen molar-refractivity contribution in [2.75, 3.05) is 30.3 Å². The van der Waals surface area contributed by atoms with Crippen molar-refractivity contribution in [1.29, 1.82) is 0 Å². The zero-order valence-electron chi connectivity index (χ0n) is 18.1. The van der Waals surface area contributed by atoms with E-state index in [9.17, 15) is 4.79 Å². The van der Waals surface area contributed by atoms with Gasteiger partial charge in [-0.3, -0.25) is 4.79 Å². The second-order valence-electron chi connectivity index (χ2n) is 7.49. The highest BCUT2D eigenvalue weighted by Gasteiger charge is 2.24. The number of benzene rings is 1. The van der Waals surface area contributed by atoms with Gasteiger partial charge in [0.05, 0.1) is 5.75 Å². The molecule has 1 aromatic heterocycles. The summed E-state index contributed by atoms with van der Waals surface area (Å²) in [5, 5.41) is 9.63. The maximum absolute atomic E-state index is 12.7. The van der Waals surface area contributed by atoms with Crippen LogP contribution in [-0.4, -0.2) is 57.0 Å². The summed E-state index contributed by atoms with van der Waals surface area (Å²) >= 11 is 1.50. The number of anilines is 1. The van der Waals surface area contributed by atoms with Crippen LogP contribution in [0.4, 0.5) is 5.69 Å². The Kier molecular flexibility index (Phi) is 7.58. The summed E-state index contributed by atoms with van der Waals surface area (Å²) in [5.74, 6) is 1.49. The lowest BCUT2D eigenvalue weighted by atomic mass is 10.0. The van der Waals surface area contributed by atoms with Crippen molar-refractivity contribution >= 4 is 23.4 Å². The molecule has 3 rings (SSSR count). The third kappa shape index (κ3) is 4.94.